The molecule has 116 valence electrons. The molecule has 0 saturated carbocycles. The zero-order chi connectivity index (χ0) is 16.4. The predicted molar refractivity (Wildman–Crippen MR) is 87.8 cm³/mol. The van der Waals surface area contributed by atoms with Gasteiger partial charge in [0.15, 0.2) is 0 Å². The Balaban J connectivity index is 2.26. The van der Waals surface area contributed by atoms with Gasteiger partial charge in [-0.1, -0.05) is 55.7 Å². The summed E-state index contributed by atoms with van der Waals surface area (Å²) in [7, 11) is -1.47. The summed E-state index contributed by atoms with van der Waals surface area (Å²) < 4.78 is 4.99. The first-order valence-electron chi connectivity index (χ1n) is 6.85. The van der Waals surface area contributed by atoms with Gasteiger partial charge in [0.05, 0.1) is 0 Å². The Labute approximate surface area is 130 Å². The van der Waals surface area contributed by atoms with E-state index in [9.17, 15) is 4.79 Å². The van der Waals surface area contributed by atoms with Crippen LogP contribution in [0.5, 0.6) is 0 Å². The van der Waals surface area contributed by atoms with Crippen molar-refractivity contribution >= 4 is 18.7 Å². The standard InChI is InChI=1S/C16H20BNO4/c1-3-4-5-13(2)12-22-16(19)18-11-10-14-6-8-15(9-7-14)17(20)21/h3-9,20-21H,1-2,10-12H2,(H,18,19)/b5-4-. The van der Waals surface area contributed by atoms with E-state index >= 15 is 0 Å². The average Bonchev–Trinajstić information content (AvgIpc) is 2.51. The molecule has 0 unspecified atom stereocenters. The van der Waals surface area contributed by atoms with E-state index in [1.165, 1.54) is 0 Å². The Hall–Kier alpha value is -2.31. The Morgan fingerprint density at radius 1 is 1.32 bits per heavy atom. The summed E-state index contributed by atoms with van der Waals surface area (Å²) in [4.78, 5) is 11.5. The van der Waals surface area contributed by atoms with Crippen molar-refractivity contribution in [3.05, 3.63) is 66.8 Å². The molecule has 0 aliphatic carbocycles. The van der Waals surface area contributed by atoms with Crippen molar-refractivity contribution in [2.75, 3.05) is 13.2 Å². The molecular weight excluding hydrogens is 281 g/mol. The summed E-state index contributed by atoms with van der Waals surface area (Å²) in [5.41, 5.74) is 2.08. The summed E-state index contributed by atoms with van der Waals surface area (Å²) in [5, 5.41) is 20.6. The lowest BCUT2D eigenvalue weighted by atomic mass is 9.80. The number of benzene rings is 1. The first kappa shape index (κ1) is 17.7. The number of amides is 1. The van der Waals surface area contributed by atoms with Crippen LogP contribution in [0.25, 0.3) is 0 Å². The molecule has 3 N–H and O–H groups in total. The van der Waals surface area contributed by atoms with Gasteiger partial charge in [0, 0.05) is 6.54 Å². The van der Waals surface area contributed by atoms with Gasteiger partial charge in [-0.05, 0) is 23.0 Å². The maximum absolute atomic E-state index is 11.5. The van der Waals surface area contributed by atoms with Crippen LogP contribution in [-0.2, 0) is 11.2 Å². The quantitative estimate of drug-likeness (QED) is 0.493. The number of hydrogen-bond acceptors (Lipinski definition) is 4. The summed E-state index contributed by atoms with van der Waals surface area (Å²) in [6, 6.07) is 6.83. The molecule has 1 amide bonds. The largest absolute Gasteiger partial charge is 0.488 e. The predicted octanol–water partition coefficient (Wildman–Crippen LogP) is 0.933. The average molecular weight is 301 g/mol. The fraction of sp³-hybridized carbons (Fsp3) is 0.188. The third-order valence-corrected chi connectivity index (χ3v) is 2.82. The normalized spacial score (nSPS) is 10.3. The highest BCUT2D eigenvalue weighted by Crippen LogP contribution is 1.99. The zero-order valence-electron chi connectivity index (χ0n) is 12.4. The van der Waals surface area contributed by atoms with Crippen LogP contribution in [0.3, 0.4) is 0 Å². The monoisotopic (exact) mass is 301 g/mol. The molecule has 0 fully saturated rings. The molecule has 1 rings (SSSR count). The molecule has 0 aromatic heterocycles. The van der Waals surface area contributed by atoms with Crippen molar-refractivity contribution < 1.29 is 19.6 Å². The second-order valence-electron chi connectivity index (χ2n) is 4.62. The van der Waals surface area contributed by atoms with E-state index in [-0.39, 0.29) is 6.61 Å². The van der Waals surface area contributed by atoms with Crippen LogP contribution in [0.4, 0.5) is 4.79 Å². The highest BCUT2D eigenvalue weighted by molar-refractivity contribution is 6.58. The molecule has 5 nitrogen and oxygen atoms in total. The third-order valence-electron chi connectivity index (χ3n) is 2.82. The molecule has 0 bridgehead atoms. The van der Waals surface area contributed by atoms with E-state index in [0.717, 1.165) is 5.56 Å². The molecular formula is C16H20BNO4. The van der Waals surface area contributed by atoms with Crippen LogP contribution in [0.2, 0.25) is 0 Å². The van der Waals surface area contributed by atoms with Crippen molar-refractivity contribution in [1.29, 1.82) is 0 Å². The van der Waals surface area contributed by atoms with Crippen LogP contribution in [-0.4, -0.2) is 36.4 Å². The smallest absolute Gasteiger partial charge is 0.445 e. The van der Waals surface area contributed by atoms with Crippen LogP contribution in [0, 0.1) is 0 Å². The van der Waals surface area contributed by atoms with Crippen LogP contribution >= 0.6 is 0 Å². The Bertz CT molecular complexity index is 538. The maximum atomic E-state index is 11.5. The molecule has 0 aliphatic heterocycles. The number of hydrogen-bond donors (Lipinski definition) is 3. The molecule has 1 aromatic rings. The lowest BCUT2D eigenvalue weighted by Gasteiger charge is -2.07. The molecule has 0 saturated heterocycles. The van der Waals surface area contributed by atoms with Gasteiger partial charge in [0.2, 0.25) is 0 Å². The minimum atomic E-state index is -1.47. The molecule has 0 spiro atoms. The van der Waals surface area contributed by atoms with E-state index < -0.39 is 13.2 Å². The Kier molecular flexibility index (Phi) is 7.74. The van der Waals surface area contributed by atoms with Gasteiger partial charge in [-0.25, -0.2) is 4.79 Å². The molecule has 0 heterocycles. The van der Waals surface area contributed by atoms with Crippen molar-refractivity contribution in [3.8, 4) is 0 Å². The molecule has 22 heavy (non-hydrogen) atoms. The second-order valence-corrected chi connectivity index (χ2v) is 4.62. The molecule has 0 aliphatic rings. The minimum Gasteiger partial charge on any atom is -0.445 e. The summed E-state index contributed by atoms with van der Waals surface area (Å²) >= 11 is 0. The zero-order valence-corrected chi connectivity index (χ0v) is 12.4. The molecule has 0 atom stereocenters. The van der Waals surface area contributed by atoms with Gasteiger partial charge in [-0.3, -0.25) is 0 Å². The van der Waals surface area contributed by atoms with E-state index in [2.05, 4.69) is 18.5 Å². The van der Waals surface area contributed by atoms with E-state index in [1.54, 1.807) is 42.5 Å². The first-order chi connectivity index (χ1) is 10.5. The lowest BCUT2D eigenvalue weighted by Crippen LogP contribution is -2.30. The van der Waals surface area contributed by atoms with Crippen molar-refractivity contribution in [3.63, 3.8) is 0 Å². The number of rotatable bonds is 8. The lowest BCUT2D eigenvalue weighted by molar-refractivity contribution is 0.157. The van der Waals surface area contributed by atoms with Crippen LogP contribution in [0.15, 0.2) is 61.2 Å². The third kappa shape index (κ3) is 6.92. The van der Waals surface area contributed by atoms with Crippen molar-refractivity contribution in [1.82, 2.24) is 5.32 Å². The number of ether oxygens (including phenoxy) is 1. The van der Waals surface area contributed by atoms with E-state index in [0.29, 0.717) is 24.0 Å². The fourth-order valence-corrected chi connectivity index (χ4v) is 1.63. The summed E-state index contributed by atoms with van der Waals surface area (Å²) in [6.45, 7) is 7.82. The SMILES string of the molecule is C=C/C=C\C(=C)COC(=O)NCCc1ccc(B(O)O)cc1. The Morgan fingerprint density at radius 3 is 2.59 bits per heavy atom. The highest BCUT2D eigenvalue weighted by Gasteiger charge is 2.09. The summed E-state index contributed by atoms with van der Waals surface area (Å²) in [6.07, 6.45) is 5.17. The second kappa shape index (κ2) is 9.60. The van der Waals surface area contributed by atoms with Gasteiger partial charge >= 0.3 is 13.2 Å². The number of alkyl carbamates (subject to hydrolysis) is 1. The number of allylic oxidation sites excluding steroid dienone is 2. The summed E-state index contributed by atoms with van der Waals surface area (Å²) in [5.74, 6) is 0. The van der Waals surface area contributed by atoms with Crippen LogP contribution < -0.4 is 10.8 Å². The molecule has 1 aromatic carbocycles. The molecule has 6 heteroatoms. The van der Waals surface area contributed by atoms with Crippen molar-refractivity contribution in [2.24, 2.45) is 0 Å². The Morgan fingerprint density at radius 2 is 2.00 bits per heavy atom. The fourth-order valence-electron chi connectivity index (χ4n) is 1.63. The van der Waals surface area contributed by atoms with Gasteiger partial charge in [0.1, 0.15) is 6.61 Å². The van der Waals surface area contributed by atoms with E-state index in [1.807, 2.05) is 0 Å². The van der Waals surface area contributed by atoms with E-state index in [4.69, 9.17) is 14.8 Å². The van der Waals surface area contributed by atoms with Crippen LogP contribution in [0.1, 0.15) is 5.56 Å². The molecule has 0 radical (unpaired) electrons. The number of nitrogens with one attached hydrogen (secondary N) is 1. The topological polar surface area (TPSA) is 78.8 Å². The number of carbonyl (C=O) groups is 1. The highest BCUT2D eigenvalue weighted by atomic mass is 16.5. The van der Waals surface area contributed by atoms with Crippen molar-refractivity contribution in [2.45, 2.75) is 6.42 Å². The minimum absolute atomic E-state index is 0.124. The maximum Gasteiger partial charge on any atom is 0.488 e. The number of carbonyl (C=O) groups excluding carboxylic acids is 1. The van der Waals surface area contributed by atoms with Gasteiger partial charge < -0.3 is 20.1 Å². The van der Waals surface area contributed by atoms with Gasteiger partial charge in [-0.2, -0.15) is 0 Å². The van der Waals surface area contributed by atoms with Gasteiger partial charge in [-0.15, -0.1) is 0 Å². The van der Waals surface area contributed by atoms with Gasteiger partial charge in [0.25, 0.3) is 0 Å². The first-order valence-corrected chi connectivity index (χ1v) is 6.85.